The fourth-order valence-electron chi connectivity index (χ4n) is 2.64. The van der Waals surface area contributed by atoms with Crippen LogP contribution in [0.25, 0.3) is 0 Å². The molecule has 28 heavy (non-hydrogen) atoms. The number of aryl methyl sites for hydroxylation is 1. The number of ether oxygens (including phenoxy) is 2. The van der Waals surface area contributed by atoms with E-state index < -0.39 is 11.9 Å². The predicted molar refractivity (Wildman–Crippen MR) is 104 cm³/mol. The number of aliphatic carboxylic acids is 1. The van der Waals surface area contributed by atoms with Crippen LogP contribution in [0, 0.1) is 0 Å². The van der Waals surface area contributed by atoms with Crippen LogP contribution in [-0.2, 0) is 16.0 Å². The lowest BCUT2D eigenvalue weighted by atomic mass is 10.1. The topological polar surface area (TPSA) is 114 Å². The van der Waals surface area contributed by atoms with Crippen molar-refractivity contribution in [2.75, 3.05) is 24.9 Å². The van der Waals surface area contributed by atoms with Gasteiger partial charge < -0.3 is 25.2 Å². The summed E-state index contributed by atoms with van der Waals surface area (Å²) in [5.74, 6) is -1.00. The van der Waals surface area contributed by atoms with Gasteiger partial charge in [0.25, 0.3) is 5.91 Å². The van der Waals surface area contributed by atoms with E-state index in [1.807, 2.05) is 0 Å². The summed E-state index contributed by atoms with van der Waals surface area (Å²) in [6.45, 7) is 1.35. The van der Waals surface area contributed by atoms with Crippen LogP contribution >= 0.6 is 0 Å². The monoisotopic (exact) mass is 386 g/mol. The normalized spacial score (nSPS) is 10.1. The second-order valence-corrected chi connectivity index (χ2v) is 5.99. The second-order valence-electron chi connectivity index (χ2n) is 5.99. The Kier molecular flexibility index (Phi) is 6.97. The molecule has 0 aliphatic heterocycles. The zero-order chi connectivity index (χ0) is 20.7. The lowest BCUT2D eigenvalue weighted by molar-refractivity contribution is -0.137. The highest BCUT2D eigenvalue weighted by molar-refractivity contribution is 6.06. The van der Waals surface area contributed by atoms with Crippen LogP contribution in [0.5, 0.6) is 11.5 Å². The van der Waals surface area contributed by atoms with Gasteiger partial charge in [0.05, 0.1) is 19.9 Å². The summed E-state index contributed by atoms with van der Waals surface area (Å²) in [7, 11) is 2.87. The number of hydrogen-bond acceptors (Lipinski definition) is 5. The van der Waals surface area contributed by atoms with Crippen LogP contribution in [-0.4, -0.2) is 37.1 Å². The molecule has 3 N–H and O–H groups in total. The first-order chi connectivity index (χ1) is 13.3. The molecule has 2 aromatic carbocycles. The SMILES string of the molecule is COc1cc(C(=O)Nc2cccc(CCC(=O)O)c2)cc(NC(C)=O)c1OC. The third kappa shape index (κ3) is 5.47. The lowest BCUT2D eigenvalue weighted by Gasteiger charge is -2.15. The van der Waals surface area contributed by atoms with E-state index in [4.69, 9.17) is 14.6 Å². The number of anilines is 2. The van der Waals surface area contributed by atoms with Gasteiger partial charge >= 0.3 is 5.97 Å². The van der Waals surface area contributed by atoms with Gasteiger partial charge in [-0.05, 0) is 36.2 Å². The summed E-state index contributed by atoms with van der Waals surface area (Å²) in [6, 6.07) is 9.96. The van der Waals surface area contributed by atoms with Crippen molar-refractivity contribution in [2.24, 2.45) is 0 Å². The quantitative estimate of drug-likeness (QED) is 0.643. The molecule has 0 aliphatic rings. The molecule has 0 heterocycles. The van der Waals surface area contributed by atoms with Crippen molar-refractivity contribution < 1.29 is 29.0 Å². The van der Waals surface area contributed by atoms with Gasteiger partial charge in [0, 0.05) is 24.6 Å². The average Bonchev–Trinajstić information content (AvgIpc) is 2.65. The van der Waals surface area contributed by atoms with Crippen LogP contribution < -0.4 is 20.1 Å². The Morgan fingerprint density at radius 3 is 2.39 bits per heavy atom. The molecule has 0 fully saturated rings. The van der Waals surface area contributed by atoms with Crippen LogP contribution in [0.2, 0.25) is 0 Å². The number of carbonyl (C=O) groups excluding carboxylic acids is 2. The molecule has 0 bridgehead atoms. The van der Waals surface area contributed by atoms with Crippen molar-refractivity contribution in [3.05, 3.63) is 47.5 Å². The largest absolute Gasteiger partial charge is 0.493 e. The van der Waals surface area contributed by atoms with Gasteiger partial charge in [-0.15, -0.1) is 0 Å². The highest BCUT2D eigenvalue weighted by Crippen LogP contribution is 2.36. The Labute approximate surface area is 162 Å². The van der Waals surface area contributed by atoms with Crippen molar-refractivity contribution in [3.8, 4) is 11.5 Å². The van der Waals surface area contributed by atoms with Gasteiger partial charge in [0.1, 0.15) is 0 Å². The number of carboxylic acids is 1. The van der Waals surface area contributed by atoms with Crippen molar-refractivity contribution >= 4 is 29.2 Å². The van der Waals surface area contributed by atoms with E-state index in [2.05, 4.69) is 10.6 Å². The Balaban J connectivity index is 2.27. The predicted octanol–water partition coefficient (Wildman–Crippen LogP) is 2.93. The second kappa shape index (κ2) is 9.40. The van der Waals surface area contributed by atoms with Crippen LogP contribution in [0.15, 0.2) is 36.4 Å². The number of nitrogens with one attached hydrogen (secondary N) is 2. The number of benzene rings is 2. The number of methoxy groups -OCH3 is 2. The Morgan fingerprint density at radius 1 is 1.04 bits per heavy atom. The average molecular weight is 386 g/mol. The summed E-state index contributed by atoms with van der Waals surface area (Å²) in [5.41, 5.74) is 1.90. The van der Waals surface area contributed by atoms with E-state index in [1.54, 1.807) is 24.3 Å². The minimum Gasteiger partial charge on any atom is -0.493 e. The van der Waals surface area contributed by atoms with Gasteiger partial charge in [0.15, 0.2) is 11.5 Å². The third-order valence-corrected chi connectivity index (χ3v) is 3.86. The van der Waals surface area contributed by atoms with Gasteiger partial charge in [-0.2, -0.15) is 0 Å². The Hall–Kier alpha value is -3.55. The molecule has 2 rings (SSSR count). The van der Waals surface area contributed by atoms with E-state index in [0.717, 1.165) is 5.56 Å². The zero-order valence-electron chi connectivity index (χ0n) is 15.9. The number of hydrogen-bond donors (Lipinski definition) is 3. The molecule has 148 valence electrons. The van der Waals surface area contributed by atoms with Gasteiger partial charge in [-0.3, -0.25) is 14.4 Å². The number of carboxylic acid groups (broad SMARTS) is 1. The molecule has 0 radical (unpaired) electrons. The molecule has 8 nitrogen and oxygen atoms in total. The molecule has 0 saturated heterocycles. The summed E-state index contributed by atoms with van der Waals surface area (Å²) in [4.78, 5) is 34.9. The number of rotatable bonds is 8. The molecule has 2 aromatic rings. The van der Waals surface area contributed by atoms with Crippen LogP contribution in [0.4, 0.5) is 11.4 Å². The van der Waals surface area contributed by atoms with E-state index in [9.17, 15) is 14.4 Å². The first-order valence-corrected chi connectivity index (χ1v) is 8.49. The van der Waals surface area contributed by atoms with Gasteiger partial charge in [-0.1, -0.05) is 12.1 Å². The summed E-state index contributed by atoms with van der Waals surface area (Å²) < 4.78 is 10.5. The summed E-state index contributed by atoms with van der Waals surface area (Å²) in [6.07, 6.45) is 0.370. The van der Waals surface area contributed by atoms with Crippen molar-refractivity contribution in [1.82, 2.24) is 0 Å². The van der Waals surface area contributed by atoms with E-state index in [-0.39, 0.29) is 17.9 Å². The molecule has 0 atom stereocenters. The van der Waals surface area contributed by atoms with Gasteiger partial charge in [-0.25, -0.2) is 0 Å². The summed E-state index contributed by atoms with van der Waals surface area (Å²) >= 11 is 0. The van der Waals surface area contributed by atoms with Crippen molar-refractivity contribution in [2.45, 2.75) is 19.8 Å². The first-order valence-electron chi connectivity index (χ1n) is 8.49. The molecule has 2 amide bonds. The van der Waals surface area contributed by atoms with Crippen LogP contribution in [0.3, 0.4) is 0 Å². The van der Waals surface area contributed by atoms with Gasteiger partial charge in [0.2, 0.25) is 5.91 Å². The maximum absolute atomic E-state index is 12.7. The van der Waals surface area contributed by atoms with E-state index >= 15 is 0 Å². The molecule has 0 aromatic heterocycles. The standard InChI is InChI=1S/C20H22N2O6/c1-12(23)21-16-10-14(11-17(27-2)19(16)28-3)20(26)22-15-6-4-5-13(9-15)7-8-18(24)25/h4-6,9-11H,7-8H2,1-3H3,(H,21,23)(H,22,26)(H,24,25). The smallest absolute Gasteiger partial charge is 0.303 e. The summed E-state index contributed by atoms with van der Waals surface area (Å²) in [5, 5.41) is 14.2. The molecular weight excluding hydrogens is 364 g/mol. The number of amides is 2. The van der Waals surface area contributed by atoms with Crippen molar-refractivity contribution in [3.63, 3.8) is 0 Å². The molecule has 0 spiro atoms. The molecule has 8 heteroatoms. The molecule has 0 aliphatic carbocycles. The minimum absolute atomic E-state index is 0.00710. The Morgan fingerprint density at radius 2 is 1.79 bits per heavy atom. The van der Waals surface area contributed by atoms with E-state index in [0.29, 0.717) is 29.3 Å². The van der Waals surface area contributed by atoms with Crippen LogP contribution in [0.1, 0.15) is 29.3 Å². The minimum atomic E-state index is -0.884. The van der Waals surface area contributed by atoms with E-state index in [1.165, 1.54) is 33.3 Å². The maximum Gasteiger partial charge on any atom is 0.303 e. The first kappa shape index (κ1) is 20.8. The molecular formula is C20H22N2O6. The fraction of sp³-hybridized carbons (Fsp3) is 0.250. The molecule has 0 unspecified atom stereocenters. The Bertz CT molecular complexity index is 894. The highest BCUT2D eigenvalue weighted by Gasteiger charge is 2.17. The molecule has 0 saturated carbocycles. The third-order valence-electron chi connectivity index (χ3n) is 3.86. The fourth-order valence-corrected chi connectivity index (χ4v) is 2.64. The maximum atomic E-state index is 12.7. The van der Waals surface area contributed by atoms with Crippen molar-refractivity contribution in [1.29, 1.82) is 0 Å². The lowest BCUT2D eigenvalue weighted by Crippen LogP contribution is -2.14. The highest BCUT2D eigenvalue weighted by atomic mass is 16.5. The number of carbonyl (C=O) groups is 3. The zero-order valence-corrected chi connectivity index (χ0v) is 15.9.